The predicted octanol–water partition coefficient (Wildman–Crippen LogP) is 1.68. The molecule has 0 saturated carbocycles. The molecule has 2 rings (SSSR count). The van der Waals surface area contributed by atoms with Gasteiger partial charge in [0.1, 0.15) is 0 Å². The smallest absolute Gasteiger partial charge is 0.220 e. The van der Waals surface area contributed by atoms with Crippen molar-refractivity contribution >= 4 is 5.91 Å². The lowest BCUT2D eigenvalue weighted by Gasteiger charge is -2.16. The standard InChI is InChI=1S/C18H26N2O4/c1-22-15-6-4-14(17(23-2)18(15)24-3)5-7-16(21)20-12-13-8-10-19-11-9-13/h4,6,8,19H,5,7,9-12H2,1-3H3,(H,20,21). The molecule has 1 aromatic rings. The fourth-order valence-corrected chi connectivity index (χ4v) is 2.74. The Kier molecular flexibility index (Phi) is 6.93. The highest BCUT2D eigenvalue weighted by atomic mass is 16.5. The largest absolute Gasteiger partial charge is 0.493 e. The highest BCUT2D eigenvalue weighted by molar-refractivity contribution is 5.76. The van der Waals surface area contributed by atoms with Crippen LogP contribution < -0.4 is 24.8 Å². The average molecular weight is 334 g/mol. The van der Waals surface area contributed by atoms with Crippen LogP contribution in [0.1, 0.15) is 18.4 Å². The molecule has 0 unspecified atom stereocenters. The Morgan fingerprint density at radius 3 is 2.58 bits per heavy atom. The molecule has 1 amide bonds. The highest BCUT2D eigenvalue weighted by Gasteiger charge is 2.16. The maximum absolute atomic E-state index is 12.1. The minimum atomic E-state index is 0.0336. The Bertz CT molecular complexity index is 599. The average Bonchev–Trinajstić information content (AvgIpc) is 2.64. The molecule has 0 saturated heterocycles. The van der Waals surface area contributed by atoms with Crippen LogP contribution in [0.3, 0.4) is 0 Å². The van der Waals surface area contributed by atoms with E-state index in [1.807, 2.05) is 12.1 Å². The third kappa shape index (κ3) is 4.64. The molecular weight excluding hydrogens is 308 g/mol. The predicted molar refractivity (Wildman–Crippen MR) is 93.0 cm³/mol. The quantitative estimate of drug-likeness (QED) is 0.708. The Labute approximate surface area is 143 Å². The number of carbonyl (C=O) groups excluding carboxylic acids is 1. The van der Waals surface area contributed by atoms with Gasteiger partial charge >= 0.3 is 0 Å². The molecule has 0 bridgehead atoms. The molecule has 0 spiro atoms. The molecule has 132 valence electrons. The van der Waals surface area contributed by atoms with Gasteiger partial charge in [-0.1, -0.05) is 17.7 Å². The van der Waals surface area contributed by atoms with E-state index in [0.717, 1.165) is 25.1 Å². The van der Waals surface area contributed by atoms with E-state index in [1.54, 1.807) is 21.3 Å². The van der Waals surface area contributed by atoms with Gasteiger partial charge in [-0.25, -0.2) is 0 Å². The highest BCUT2D eigenvalue weighted by Crippen LogP contribution is 2.40. The second kappa shape index (κ2) is 9.17. The van der Waals surface area contributed by atoms with Crippen LogP contribution in [-0.4, -0.2) is 46.9 Å². The molecule has 6 heteroatoms. The van der Waals surface area contributed by atoms with Crippen molar-refractivity contribution in [2.45, 2.75) is 19.3 Å². The van der Waals surface area contributed by atoms with Gasteiger partial charge in [0.25, 0.3) is 0 Å². The maximum atomic E-state index is 12.1. The SMILES string of the molecule is COc1ccc(CCC(=O)NCC2=CCNCC2)c(OC)c1OC. The molecule has 1 heterocycles. The van der Waals surface area contributed by atoms with Crippen molar-refractivity contribution < 1.29 is 19.0 Å². The van der Waals surface area contributed by atoms with Gasteiger partial charge in [0, 0.05) is 19.5 Å². The number of amides is 1. The number of ether oxygens (including phenoxy) is 3. The number of carbonyl (C=O) groups is 1. The van der Waals surface area contributed by atoms with Crippen molar-refractivity contribution in [1.29, 1.82) is 0 Å². The Morgan fingerprint density at radius 1 is 1.17 bits per heavy atom. The molecule has 1 aliphatic heterocycles. The first-order valence-electron chi connectivity index (χ1n) is 8.12. The number of aryl methyl sites for hydroxylation is 1. The van der Waals surface area contributed by atoms with Gasteiger partial charge < -0.3 is 24.8 Å². The molecule has 0 radical (unpaired) electrons. The second-order valence-corrected chi connectivity index (χ2v) is 5.59. The lowest BCUT2D eigenvalue weighted by Crippen LogP contribution is -2.29. The summed E-state index contributed by atoms with van der Waals surface area (Å²) in [4.78, 5) is 12.1. The molecule has 2 N–H and O–H groups in total. The summed E-state index contributed by atoms with van der Waals surface area (Å²) < 4.78 is 16.1. The van der Waals surface area contributed by atoms with Gasteiger partial charge in [0.2, 0.25) is 11.7 Å². The number of rotatable bonds is 8. The van der Waals surface area contributed by atoms with Crippen molar-refractivity contribution in [2.24, 2.45) is 0 Å². The molecule has 6 nitrogen and oxygen atoms in total. The maximum Gasteiger partial charge on any atom is 0.220 e. The van der Waals surface area contributed by atoms with Crippen molar-refractivity contribution in [3.63, 3.8) is 0 Å². The van der Waals surface area contributed by atoms with E-state index in [2.05, 4.69) is 16.7 Å². The minimum absolute atomic E-state index is 0.0336. The second-order valence-electron chi connectivity index (χ2n) is 5.59. The van der Waals surface area contributed by atoms with Crippen molar-refractivity contribution in [1.82, 2.24) is 10.6 Å². The zero-order valence-corrected chi connectivity index (χ0v) is 14.6. The molecule has 1 aliphatic rings. The van der Waals surface area contributed by atoms with Crippen LogP contribution >= 0.6 is 0 Å². The van der Waals surface area contributed by atoms with Crippen LogP contribution in [-0.2, 0) is 11.2 Å². The lowest BCUT2D eigenvalue weighted by molar-refractivity contribution is -0.120. The fourth-order valence-electron chi connectivity index (χ4n) is 2.74. The van der Waals surface area contributed by atoms with Gasteiger partial charge in [-0.15, -0.1) is 0 Å². The third-order valence-electron chi connectivity index (χ3n) is 4.08. The monoisotopic (exact) mass is 334 g/mol. The van der Waals surface area contributed by atoms with E-state index in [1.165, 1.54) is 5.57 Å². The minimum Gasteiger partial charge on any atom is -0.493 e. The van der Waals surface area contributed by atoms with Crippen LogP contribution in [0, 0.1) is 0 Å². The van der Waals surface area contributed by atoms with E-state index in [0.29, 0.717) is 36.6 Å². The summed E-state index contributed by atoms with van der Waals surface area (Å²) in [7, 11) is 4.74. The molecule has 1 aromatic carbocycles. The number of methoxy groups -OCH3 is 3. The van der Waals surface area contributed by atoms with Crippen molar-refractivity contribution in [3.05, 3.63) is 29.3 Å². The van der Waals surface area contributed by atoms with Gasteiger partial charge in [0.15, 0.2) is 11.5 Å². The van der Waals surface area contributed by atoms with E-state index in [-0.39, 0.29) is 5.91 Å². The first-order chi connectivity index (χ1) is 11.7. The first-order valence-corrected chi connectivity index (χ1v) is 8.12. The Morgan fingerprint density at radius 2 is 1.96 bits per heavy atom. The van der Waals surface area contributed by atoms with Crippen LogP contribution in [0.4, 0.5) is 0 Å². The topological polar surface area (TPSA) is 68.8 Å². The van der Waals surface area contributed by atoms with E-state index in [9.17, 15) is 4.79 Å². The number of hydrogen-bond donors (Lipinski definition) is 2. The molecule has 0 fully saturated rings. The van der Waals surface area contributed by atoms with Gasteiger partial charge in [0.05, 0.1) is 21.3 Å². The van der Waals surface area contributed by atoms with Crippen molar-refractivity contribution in [3.8, 4) is 17.2 Å². The lowest BCUT2D eigenvalue weighted by atomic mass is 10.1. The Hall–Kier alpha value is -2.21. The summed E-state index contributed by atoms with van der Waals surface area (Å²) in [6.45, 7) is 2.49. The summed E-state index contributed by atoms with van der Waals surface area (Å²) in [6.07, 6.45) is 4.11. The van der Waals surface area contributed by atoms with Crippen LogP contribution in [0.5, 0.6) is 17.2 Å². The summed E-state index contributed by atoms with van der Waals surface area (Å²) in [6, 6.07) is 3.73. The van der Waals surface area contributed by atoms with Gasteiger partial charge in [-0.3, -0.25) is 4.79 Å². The van der Waals surface area contributed by atoms with Gasteiger partial charge in [-0.05, 0) is 31.0 Å². The first kappa shape index (κ1) is 18.1. The zero-order chi connectivity index (χ0) is 17.4. The third-order valence-corrected chi connectivity index (χ3v) is 4.08. The number of benzene rings is 1. The van der Waals surface area contributed by atoms with Gasteiger partial charge in [-0.2, -0.15) is 0 Å². The molecule has 0 aromatic heterocycles. The van der Waals surface area contributed by atoms with Crippen LogP contribution in [0.25, 0.3) is 0 Å². The zero-order valence-electron chi connectivity index (χ0n) is 14.6. The van der Waals surface area contributed by atoms with E-state index in [4.69, 9.17) is 14.2 Å². The fraction of sp³-hybridized carbons (Fsp3) is 0.500. The Balaban J connectivity index is 1.93. The number of hydrogen-bond acceptors (Lipinski definition) is 5. The summed E-state index contributed by atoms with van der Waals surface area (Å²) >= 11 is 0. The molecular formula is C18H26N2O4. The normalized spacial score (nSPS) is 13.9. The summed E-state index contributed by atoms with van der Waals surface area (Å²) in [5.74, 6) is 1.81. The summed E-state index contributed by atoms with van der Waals surface area (Å²) in [5.41, 5.74) is 2.21. The number of nitrogens with one attached hydrogen (secondary N) is 2. The van der Waals surface area contributed by atoms with E-state index >= 15 is 0 Å². The molecule has 0 aliphatic carbocycles. The van der Waals surface area contributed by atoms with Crippen LogP contribution in [0.15, 0.2) is 23.8 Å². The molecule has 0 atom stereocenters. The van der Waals surface area contributed by atoms with E-state index < -0.39 is 0 Å². The molecule has 24 heavy (non-hydrogen) atoms. The van der Waals surface area contributed by atoms with Crippen LogP contribution in [0.2, 0.25) is 0 Å². The van der Waals surface area contributed by atoms with Crippen molar-refractivity contribution in [2.75, 3.05) is 41.0 Å². The summed E-state index contributed by atoms with van der Waals surface area (Å²) in [5, 5.41) is 6.24.